The molecule has 1 aliphatic carbocycles. The summed E-state index contributed by atoms with van der Waals surface area (Å²) in [4.78, 5) is 0. The highest BCUT2D eigenvalue weighted by Crippen LogP contribution is 2.18. The maximum Gasteiger partial charge on any atom is 0.0946 e. The zero-order valence-electron chi connectivity index (χ0n) is 5.52. The molecular weight excluding hydrogens is 114 g/mol. The van der Waals surface area contributed by atoms with Crippen molar-refractivity contribution >= 4 is 0 Å². The van der Waals surface area contributed by atoms with Crippen molar-refractivity contribution in [2.45, 2.75) is 19.8 Å². The summed E-state index contributed by atoms with van der Waals surface area (Å²) in [7, 11) is 0. The normalized spacial score (nSPS) is 19.9. The van der Waals surface area contributed by atoms with Crippen molar-refractivity contribution < 1.29 is 5.11 Å². The maximum absolute atomic E-state index is 8.94. The lowest BCUT2D eigenvalue weighted by atomic mass is 10.0. The number of hydrogen-bond donors (Lipinski definition) is 2. The SMILES string of the molecule is CC1=C(N)C=C(O)CC1. The lowest BCUT2D eigenvalue weighted by Gasteiger charge is -2.09. The van der Waals surface area contributed by atoms with Gasteiger partial charge in [-0.2, -0.15) is 0 Å². The first-order valence-corrected chi connectivity index (χ1v) is 3.05. The van der Waals surface area contributed by atoms with Gasteiger partial charge in [0, 0.05) is 12.1 Å². The minimum atomic E-state index is 0.401. The number of aliphatic hydroxyl groups excluding tert-OH is 1. The van der Waals surface area contributed by atoms with Crippen LogP contribution in [-0.4, -0.2) is 5.11 Å². The number of rotatable bonds is 0. The largest absolute Gasteiger partial charge is 0.512 e. The number of allylic oxidation sites excluding steroid dienone is 3. The van der Waals surface area contributed by atoms with E-state index >= 15 is 0 Å². The van der Waals surface area contributed by atoms with Gasteiger partial charge in [0.2, 0.25) is 0 Å². The van der Waals surface area contributed by atoms with E-state index in [0.717, 1.165) is 18.5 Å². The summed E-state index contributed by atoms with van der Waals surface area (Å²) < 4.78 is 0. The Hall–Kier alpha value is -0.920. The van der Waals surface area contributed by atoms with Gasteiger partial charge in [0.15, 0.2) is 0 Å². The molecule has 2 nitrogen and oxygen atoms in total. The minimum absolute atomic E-state index is 0.401. The van der Waals surface area contributed by atoms with Gasteiger partial charge in [-0.25, -0.2) is 0 Å². The average Bonchev–Trinajstić information content (AvgIpc) is 1.80. The first-order chi connectivity index (χ1) is 4.20. The van der Waals surface area contributed by atoms with Gasteiger partial charge in [0.25, 0.3) is 0 Å². The predicted octanol–water partition coefficient (Wildman–Crippen LogP) is 1.45. The van der Waals surface area contributed by atoms with Crippen LogP contribution in [-0.2, 0) is 0 Å². The van der Waals surface area contributed by atoms with Gasteiger partial charge >= 0.3 is 0 Å². The van der Waals surface area contributed by atoms with E-state index in [1.54, 1.807) is 6.08 Å². The fourth-order valence-electron chi connectivity index (χ4n) is 0.835. The fraction of sp³-hybridized carbons (Fsp3) is 0.429. The van der Waals surface area contributed by atoms with Crippen LogP contribution in [0.4, 0.5) is 0 Å². The molecule has 0 saturated heterocycles. The van der Waals surface area contributed by atoms with E-state index < -0.39 is 0 Å². The summed E-state index contributed by atoms with van der Waals surface area (Å²) in [5.41, 5.74) is 7.41. The van der Waals surface area contributed by atoms with E-state index in [1.165, 1.54) is 5.57 Å². The molecule has 1 rings (SSSR count). The Morgan fingerprint density at radius 1 is 1.56 bits per heavy atom. The van der Waals surface area contributed by atoms with Crippen molar-refractivity contribution in [1.29, 1.82) is 0 Å². The summed E-state index contributed by atoms with van der Waals surface area (Å²) in [6, 6.07) is 0. The lowest BCUT2D eigenvalue weighted by molar-refractivity contribution is 0.384. The van der Waals surface area contributed by atoms with Crippen molar-refractivity contribution in [2.75, 3.05) is 0 Å². The Morgan fingerprint density at radius 3 is 2.67 bits per heavy atom. The van der Waals surface area contributed by atoms with Gasteiger partial charge in [-0.05, 0) is 25.0 Å². The van der Waals surface area contributed by atoms with Gasteiger partial charge in [-0.15, -0.1) is 0 Å². The Labute approximate surface area is 54.7 Å². The second-order valence-corrected chi connectivity index (χ2v) is 2.37. The minimum Gasteiger partial charge on any atom is -0.512 e. The molecule has 0 atom stereocenters. The van der Waals surface area contributed by atoms with Crippen LogP contribution in [0.1, 0.15) is 19.8 Å². The maximum atomic E-state index is 8.94. The third-order valence-electron chi connectivity index (χ3n) is 1.57. The molecule has 0 heterocycles. The van der Waals surface area contributed by atoms with E-state index in [9.17, 15) is 0 Å². The highest BCUT2D eigenvalue weighted by molar-refractivity contribution is 5.27. The van der Waals surface area contributed by atoms with E-state index in [2.05, 4.69) is 0 Å². The first kappa shape index (κ1) is 6.20. The van der Waals surface area contributed by atoms with Crippen LogP contribution >= 0.6 is 0 Å². The summed E-state index contributed by atoms with van der Waals surface area (Å²) in [6.07, 6.45) is 3.26. The standard InChI is InChI=1S/C7H11NO/c1-5-2-3-6(9)4-7(5)8/h4,9H,2-3,8H2,1H3. The summed E-state index contributed by atoms with van der Waals surface area (Å²) in [5.74, 6) is 0.401. The second-order valence-electron chi connectivity index (χ2n) is 2.37. The molecule has 50 valence electrons. The Morgan fingerprint density at radius 2 is 2.22 bits per heavy atom. The Balaban J connectivity index is 2.83. The van der Waals surface area contributed by atoms with Crippen LogP contribution in [0.5, 0.6) is 0 Å². The quantitative estimate of drug-likeness (QED) is 0.514. The molecule has 0 unspecified atom stereocenters. The van der Waals surface area contributed by atoms with Crippen LogP contribution in [0.25, 0.3) is 0 Å². The fourth-order valence-corrected chi connectivity index (χ4v) is 0.835. The highest BCUT2D eigenvalue weighted by Gasteiger charge is 2.04. The van der Waals surface area contributed by atoms with Crippen LogP contribution in [0.15, 0.2) is 23.1 Å². The molecule has 0 fully saturated rings. The van der Waals surface area contributed by atoms with Crippen molar-refractivity contribution in [3.63, 3.8) is 0 Å². The Kier molecular flexibility index (Phi) is 1.47. The van der Waals surface area contributed by atoms with E-state index in [0.29, 0.717) is 5.76 Å². The molecule has 0 radical (unpaired) electrons. The third-order valence-corrected chi connectivity index (χ3v) is 1.57. The van der Waals surface area contributed by atoms with Gasteiger partial charge in [0.05, 0.1) is 5.76 Å². The van der Waals surface area contributed by atoms with Gasteiger partial charge < -0.3 is 10.8 Å². The van der Waals surface area contributed by atoms with Crippen LogP contribution in [0.3, 0.4) is 0 Å². The smallest absolute Gasteiger partial charge is 0.0946 e. The van der Waals surface area contributed by atoms with Gasteiger partial charge in [0.1, 0.15) is 0 Å². The molecule has 2 heteroatoms. The third kappa shape index (κ3) is 1.25. The number of hydrogen-bond acceptors (Lipinski definition) is 2. The monoisotopic (exact) mass is 125 g/mol. The number of nitrogens with two attached hydrogens (primary N) is 1. The molecule has 0 amide bonds. The van der Waals surface area contributed by atoms with Crippen molar-refractivity contribution in [3.05, 3.63) is 23.1 Å². The van der Waals surface area contributed by atoms with E-state index in [-0.39, 0.29) is 0 Å². The Bertz CT molecular complexity index is 179. The topological polar surface area (TPSA) is 46.2 Å². The molecule has 0 bridgehead atoms. The molecule has 9 heavy (non-hydrogen) atoms. The van der Waals surface area contributed by atoms with E-state index in [4.69, 9.17) is 10.8 Å². The van der Waals surface area contributed by atoms with Crippen molar-refractivity contribution in [3.8, 4) is 0 Å². The second kappa shape index (κ2) is 2.13. The molecule has 1 aliphatic rings. The predicted molar refractivity (Wildman–Crippen MR) is 36.8 cm³/mol. The molecule has 0 aromatic carbocycles. The van der Waals surface area contributed by atoms with Gasteiger partial charge in [-0.1, -0.05) is 0 Å². The summed E-state index contributed by atoms with van der Waals surface area (Å²) in [5, 5.41) is 8.94. The van der Waals surface area contributed by atoms with Crippen molar-refractivity contribution in [1.82, 2.24) is 0 Å². The zero-order valence-corrected chi connectivity index (χ0v) is 5.52. The number of aliphatic hydroxyl groups is 1. The average molecular weight is 125 g/mol. The summed E-state index contributed by atoms with van der Waals surface area (Å²) >= 11 is 0. The zero-order chi connectivity index (χ0) is 6.85. The summed E-state index contributed by atoms with van der Waals surface area (Å²) in [6.45, 7) is 1.98. The lowest BCUT2D eigenvalue weighted by Crippen LogP contribution is -2.03. The molecule has 3 N–H and O–H groups in total. The molecule has 0 saturated carbocycles. The van der Waals surface area contributed by atoms with Crippen LogP contribution in [0.2, 0.25) is 0 Å². The van der Waals surface area contributed by atoms with E-state index in [1.807, 2.05) is 6.92 Å². The molecule has 0 spiro atoms. The van der Waals surface area contributed by atoms with Crippen LogP contribution < -0.4 is 5.73 Å². The molecular formula is C7H11NO. The molecule has 0 aliphatic heterocycles. The van der Waals surface area contributed by atoms with Crippen molar-refractivity contribution in [2.24, 2.45) is 5.73 Å². The molecule has 0 aromatic rings. The molecule has 0 aromatic heterocycles. The first-order valence-electron chi connectivity index (χ1n) is 3.05. The van der Waals surface area contributed by atoms with Crippen LogP contribution in [0, 0.1) is 0 Å². The highest BCUT2D eigenvalue weighted by atomic mass is 16.3. The van der Waals surface area contributed by atoms with Gasteiger partial charge in [-0.3, -0.25) is 0 Å².